The van der Waals surface area contributed by atoms with Crippen LogP contribution >= 0.6 is 12.2 Å². The van der Waals surface area contributed by atoms with E-state index in [9.17, 15) is 0 Å². The molecular formula is C9H14N4S. The maximum Gasteiger partial charge on any atom is 0.214 e. The molecule has 76 valence electrons. The van der Waals surface area contributed by atoms with Crippen LogP contribution in [-0.4, -0.2) is 14.9 Å². The first kappa shape index (κ1) is 8.47. The molecule has 2 aliphatic rings. The zero-order valence-corrected chi connectivity index (χ0v) is 8.76. The van der Waals surface area contributed by atoms with Gasteiger partial charge in [-0.3, -0.25) is 5.10 Å². The Labute approximate surface area is 87.5 Å². The van der Waals surface area contributed by atoms with Crippen LogP contribution in [-0.2, 0) is 0 Å². The predicted molar refractivity (Wildman–Crippen MR) is 55.8 cm³/mol. The molecule has 0 aromatic carbocycles. The zero-order valence-electron chi connectivity index (χ0n) is 7.94. The lowest BCUT2D eigenvalue weighted by Crippen LogP contribution is -2.19. The fourth-order valence-electron chi connectivity index (χ4n) is 3.14. The van der Waals surface area contributed by atoms with Crippen LogP contribution in [0.3, 0.4) is 0 Å². The van der Waals surface area contributed by atoms with Gasteiger partial charge in [0.25, 0.3) is 0 Å². The van der Waals surface area contributed by atoms with E-state index in [-0.39, 0.29) is 0 Å². The lowest BCUT2D eigenvalue weighted by atomic mass is 9.88. The number of nitrogens with one attached hydrogen (secondary N) is 1. The highest BCUT2D eigenvalue weighted by atomic mass is 32.1. The summed E-state index contributed by atoms with van der Waals surface area (Å²) in [7, 11) is 0. The molecular weight excluding hydrogens is 196 g/mol. The average molecular weight is 210 g/mol. The molecule has 1 aromatic heterocycles. The molecule has 2 bridgehead atoms. The highest BCUT2D eigenvalue weighted by molar-refractivity contribution is 7.71. The van der Waals surface area contributed by atoms with Crippen LogP contribution in [0.25, 0.3) is 0 Å². The number of hydrogen-bond acceptors (Lipinski definition) is 3. The Morgan fingerprint density at radius 1 is 1.43 bits per heavy atom. The summed E-state index contributed by atoms with van der Waals surface area (Å²) in [6.07, 6.45) is 5.36. The van der Waals surface area contributed by atoms with Gasteiger partial charge in [0, 0.05) is 5.92 Å². The van der Waals surface area contributed by atoms with E-state index < -0.39 is 0 Å². The summed E-state index contributed by atoms with van der Waals surface area (Å²) >= 11 is 5.02. The summed E-state index contributed by atoms with van der Waals surface area (Å²) in [5, 5.41) is 7.00. The third kappa shape index (κ3) is 1.05. The quantitative estimate of drug-likeness (QED) is 0.546. The second-order valence-corrected chi connectivity index (χ2v) is 4.93. The molecule has 1 aromatic rings. The molecule has 3 unspecified atom stereocenters. The lowest BCUT2D eigenvalue weighted by molar-refractivity contribution is 0.399. The summed E-state index contributed by atoms with van der Waals surface area (Å²) in [5.41, 5.74) is 0. The molecule has 3 atom stereocenters. The summed E-state index contributed by atoms with van der Waals surface area (Å²) < 4.78 is 2.07. The Balaban J connectivity index is 1.96. The predicted octanol–water partition coefficient (Wildman–Crippen LogP) is 1.56. The van der Waals surface area contributed by atoms with E-state index in [1.54, 1.807) is 4.68 Å². The van der Waals surface area contributed by atoms with E-state index in [1.807, 2.05) is 0 Å². The van der Waals surface area contributed by atoms with E-state index >= 15 is 0 Å². The van der Waals surface area contributed by atoms with Gasteiger partial charge in [-0.15, -0.1) is 0 Å². The van der Waals surface area contributed by atoms with Crippen molar-refractivity contribution < 1.29 is 0 Å². The number of rotatable bonds is 1. The Bertz CT molecular complexity index is 407. The molecule has 0 aliphatic heterocycles. The number of hydrogen-bond donors (Lipinski definition) is 2. The number of aromatic amines is 1. The van der Waals surface area contributed by atoms with E-state index in [0.29, 0.717) is 10.7 Å². The van der Waals surface area contributed by atoms with Gasteiger partial charge in [-0.2, -0.15) is 5.10 Å². The van der Waals surface area contributed by atoms with E-state index in [4.69, 9.17) is 18.1 Å². The highest BCUT2D eigenvalue weighted by Crippen LogP contribution is 2.52. The van der Waals surface area contributed by atoms with Crippen molar-refractivity contribution in [1.29, 1.82) is 0 Å². The second-order valence-electron chi connectivity index (χ2n) is 4.54. The fraction of sp³-hybridized carbons (Fsp3) is 0.778. The van der Waals surface area contributed by atoms with Gasteiger partial charge in [-0.1, -0.05) is 6.42 Å². The van der Waals surface area contributed by atoms with Crippen molar-refractivity contribution in [3.8, 4) is 0 Å². The molecule has 3 N–H and O–H groups in total. The van der Waals surface area contributed by atoms with E-state index in [2.05, 4.69) is 10.2 Å². The van der Waals surface area contributed by atoms with Gasteiger partial charge < -0.3 is 5.84 Å². The minimum atomic E-state index is 0.530. The normalized spacial score (nSPS) is 35.3. The van der Waals surface area contributed by atoms with Crippen LogP contribution in [0, 0.1) is 16.6 Å². The van der Waals surface area contributed by atoms with Gasteiger partial charge in [0.1, 0.15) is 0 Å². The van der Waals surface area contributed by atoms with Crippen LogP contribution in [0.2, 0.25) is 0 Å². The van der Waals surface area contributed by atoms with E-state index in [1.165, 1.54) is 25.7 Å². The number of fused-ring (bicyclic) bond motifs is 2. The molecule has 4 nitrogen and oxygen atoms in total. The van der Waals surface area contributed by atoms with Gasteiger partial charge >= 0.3 is 0 Å². The van der Waals surface area contributed by atoms with Crippen molar-refractivity contribution in [3.63, 3.8) is 0 Å². The number of nitrogen functional groups attached to an aromatic ring is 1. The highest BCUT2D eigenvalue weighted by Gasteiger charge is 2.42. The average Bonchev–Trinajstić information content (AvgIpc) is 2.84. The molecule has 2 fully saturated rings. The lowest BCUT2D eigenvalue weighted by Gasteiger charge is -2.19. The van der Waals surface area contributed by atoms with Crippen LogP contribution in [0.1, 0.15) is 37.4 Å². The molecule has 0 spiro atoms. The van der Waals surface area contributed by atoms with Gasteiger partial charge in [-0.25, -0.2) is 4.68 Å². The molecule has 0 radical (unpaired) electrons. The molecule has 14 heavy (non-hydrogen) atoms. The number of aromatic nitrogens is 3. The minimum absolute atomic E-state index is 0.530. The van der Waals surface area contributed by atoms with Crippen LogP contribution in [0.15, 0.2) is 0 Å². The Morgan fingerprint density at radius 2 is 2.29 bits per heavy atom. The molecule has 2 saturated carbocycles. The topological polar surface area (TPSA) is 59.6 Å². The molecule has 0 saturated heterocycles. The van der Waals surface area contributed by atoms with Crippen LogP contribution < -0.4 is 5.84 Å². The van der Waals surface area contributed by atoms with Crippen molar-refractivity contribution in [1.82, 2.24) is 14.9 Å². The van der Waals surface area contributed by atoms with Crippen molar-refractivity contribution in [2.24, 2.45) is 11.8 Å². The molecule has 2 aliphatic carbocycles. The maximum absolute atomic E-state index is 5.83. The third-order valence-corrected chi connectivity index (χ3v) is 4.09. The molecule has 5 heteroatoms. The smallest absolute Gasteiger partial charge is 0.214 e. The monoisotopic (exact) mass is 210 g/mol. The number of nitrogens with two attached hydrogens (primary N) is 1. The zero-order chi connectivity index (χ0) is 9.71. The van der Waals surface area contributed by atoms with Crippen molar-refractivity contribution in [2.45, 2.75) is 31.6 Å². The van der Waals surface area contributed by atoms with Crippen LogP contribution in [0.4, 0.5) is 0 Å². The second kappa shape index (κ2) is 2.82. The summed E-state index contributed by atoms with van der Waals surface area (Å²) in [6.45, 7) is 0. The summed E-state index contributed by atoms with van der Waals surface area (Å²) in [6, 6.07) is 0. The first-order valence-electron chi connectivity index (χ1n) is 5.18. The van der Waals surface area contributed by atoms with Crippen molar-refractivity contribution >= 4 is 12.2 Å². The standard InChI is InChI=1S/C9H14N4S/c10-13-8(11-12-9(13)14)7-4-5-1-2-6(7)3-5/h5-7H,1-4,10H2,(H,12,14). The minimum Gasteiger partial charge on any atom is -0.335 e. The third-order valence-electron chi connectivity index (χ3n) is 3.80. The van der Waals surface area contributed by atoms with Gasteiger partial charge in [-0.05, 0) is 43.3 Å². The SMILES string of the molecule is Nn1c(C2CC3CCC2C3)n[nH]c1=S. The molecule has 3 rings (SSSR count). The number of H-pyrrole nitrogens is 1. The Hall–Kier alpha value is -0.840. The summed E-state index contributed by atoms with van der Waals surface area (Å²) in [4.78, 5) is 0. The molecule has 1 heterocycles. The Kier molecular flexibility index (Phi) is 1.71. The van der Waals surface area contributed by atoms with Crippen LogP contribution in [0.5, 0.6) is 0 Å². The van der Waals surface area contributed by atoms with Crippen molar-refractivity contribution in [3.05, 3.63) is 10.6 Å². The summed E-state index contributed by atoms with van der Waals surface area (Å²) in [5.74, 6) is 9.05. The first-order valence-corrected chi connectivity index (χ1v) is 5.59. The van der Waals surface area contributed by atoms with E-state index in [0.717, 1.165) is 17.7 Å². The van der Waals surface area contributed by atoms with Crippen molar-refractivity contribution in [2.75, 3.05) is 5.84 Å². The Morgan fingerprint density at radius 3 is 2.79 bits per heavy atom. The molecule has 0 amide bonds. The maximum atomic E-state index is 5.83. The first-order chi connectivity index (χ1) is 6.75. The number of nitrogens with zero attached hydrogens (tertiary/aromatic N) is 2. The van der Waals surface area contributed by atoms with Gasteiger partial charge in [0.15, 0.2) is 5.82 Å². The fourth-order valence-corrected chi connectivity index (χ4v) is 3.28. The van der Waals surface area contributed by atoms with Gasteiger partial charge in [0.05, 0.1) is 0 Å². The van der Waals surface area contributed by atoms with Gasteiger partial charge in [0.2, 0.25) is 4.77 Å². The largest absolute Gasteiger partial charge is 0.335 e.